The van der Waals surface area contributed by atoms with Gasteiger partial charge in [-0.3, -0.25) is 0 Å². The molecular formula is C16H26. The first-order valence-corrected chi connectivity index (χ1v) is 5.98. The van der Waals surface area contributed by atoms with Crippen LogP contribution in [0.1, 0.15) is 54.9 Å². The quantitative estimate of drug-likeness (QED) is 0.539. The molecular weight excluding hydrogens is 192 g/mol. The van der Waals surface area contributed by atoms with E-state index in [0.29, 0.717) is 0 Å². The van der Waals surface area contributed by atoms with Gasteiger partial charge in [-0.15, -0.1) is 0 Å². The summed E-state index contributed by atoms with van der Waals surface area (Å²) in [7, 11) is 0. The fourth-order valence-corrected chi connectivity index (χ4v) is 1.51. The molecule has 0 fully saturated rings. The topological polar surface area (TPSA) is 0 Å². The van der Waals surface area contributed by atoms with E-state index in [2.05, 4.69) is 66.7 Å². The zero-order valence-electron chi connectivity index (χ0n) is 11.9. The normalized spacial score (nSPS) is 14.1. The van der Waals surface area contributed by atoms with Crippen molar-refractivity contribution in [3.63, 3.8) is 0 Å². The standard InChI is InChI=1S/C16H26/c1-8-9-14(5)16(7)11-13(4)10-15(6)12(2)3/h8-10H,11H2,1-7H3/b9-8-,13-10+,16-14?. The molecule has 16 heavy (non-hydrogen) atoms. The Balaban J connectivity index is 4.77. The van der Waals surface area contributed by atoms with E-state index in [1.807, 2.05) is 0 Å². The lowest BCUT2D eigenvalue weighted by atomic mass is 10.0. The molecule has 0 aliphatic heterocycles. The van der Waals surface area contributed by atoms with Crippen LogP contribution in [0, 0.1) is 0 Å². The third kappa shape index (κ3) is 5.75. The van der Waals surface area contributed by atoms with Gasteiger partial charge in [0.25, 0.3) is 0 Å². The van der Waals surface area contributed by atoms with Crippen molar-refractivity contribution in [2.45, 2.75) is 54.9 Å². The van der Waals surface area contributed by atoms with Crippen LogP contribution in [-0.4, -0.2) is 0 Å². The Hall–Kier alpha value is -1.04. The zero-order chi connectivity index (χ0) is 12.7. The minimum atomic E-state index is 1.07. The largest absolute Gasteiger partial charge is 0.0874 e. The molecule has 0 N–H and O–H groups in total. The molecule has 0 rings (SSSR count). The number of hydrogen-bond donors (Lipinski definition) is 0. The smallest absolute Gasteiger partial charge is 0.0105 e. The molecule has 0 amide bonds. The van der Waals surface area contributed by atoms with Gasteiger partial charge in [-0.05, 0) is 54.9 Å². The van der Waals surface area contributed by atoms with Crippen LogP contribution in [0.4, 0.5) is 0 Å². The van der Waals surface area contributed by atoms with Crippen LogP contribution in [0.3, 0.4) is 0 Å². The van der Waals surface area contributed by atoms with Gasteiger partial charge in [0.2, 0.25) is 0 Å². The number of rotatable bonds is 4. The van der Waals surface area contributed by atoms with Gasteiger partial charge in [0, 0.05) is 0 Å². The zero-order valence-corrected chi connectivity index (χ0v) is 11.9. The summed E-state index contributed by atoms with van der Waals surface area (Å²) in [5, 5.41) is 0. The van der Waals surface area contributed by atoms with Crippen molar-refractivity contribution in [1.29, 1.82) is 0 Å². The number of allylic oxidation sites excluding steroid dienone is 8. The maximum atomic E-state index is 2.29. The highest BCUT2D eigenvalue weighted by molar-refractivity contribution is 5.30. The van der Waals surface area contributed by atoms with Crippen molar-refractivity contribution in [2.75, 3.05) is 0 Å². The van der Waals surface area contributed by atoms with Gasteiger partial charge >= 0.3 is 0 Å². The Bertz CT molecular complexity index is 342. The molecule has 0 aliphatic rings. The Kier molecular flexibility index (Phi) is 6.80. The first-order chi connectivity index (χ1) is 7.38. The van der Waals surface area contributed by atoms with Crippen molar-refractivity contribution in [3.8, 4) is 0 Å². The SMILES string of the molecule is C/C=C\C(C)=C(C)C/C(C)=C/C(C)=C(C)C. The molecule has 0 saturated heterocycles. The Morgan fingerprint density at radius 3 is 1.88 bits per heavy atom. The average molecular weight is 218 g/mol. The van der Waals surface area contributed by atoms with Crippen LogP contribution in [0.5, 0.6) is 0 Å². The monoisotopic (exact) mass is 218 g/mol. The minimum Gasteiger partial charge on any atom is -0.0874 e. The Labute approximate surface area is 101 Å². The summed E-state index contributed by atoms with van der Waals surface area (Å²) in [6, 6.07) is 0. The second kappa shape index (κ2) is 7.27. The summed E-state index contributed by atoms with van der Waals surface area (Å²) in [5.41, 5.74) is 7.04. The van der Waals surface area contributed by atoms with E-state index in [1.54, 1.807) is 0 Å². The Morgan fingerprint density at radius 1 is 0.875 bits per heavy atom. The molecule has 0 aromatic carbocycles. The van der Waals surface area contributed by atoms with Gasteiger partial charge in [0.15, 0.2) is 0 Å². The minimum absolute atomic E-state index is 1.07. The predicted molar refractivity (Wildman–Crippen MR) is 75.6 cm³/mol. The number of hydrogen-bond acceptors (Lipinski definition) is 0. The van der Waals surface area contributed by atoms with Crippen molar-refractivity contribution >= 4 is 0 Å². The first-order valence-electron chi connectivity index (χ1n) is 5.98. The fourth-order valence-electron chi connectivity index (χ4n) is 1.51. The molecule has 0 heterocycles. The van der Waals surface area contributed by atoms with Crippen LogP contribution < -0.4 is 0 Å². The molecule has 0 bridgehead atoms. The highest BCUT2D eigenvalue weighted by atomic mass is 14.0. The summed E-state index contributed by atoms with van der Waals surface area (Å²) >= 11 is 0. The summed E-state index contributed by atoms with van der Waals surface area (Å²) in [6.45, 7) is 15.2. The molecule has 0 radical (unpaired) electrons. The maximum absolute atomic E-state index is 2.29. The summed E-state index contributed by atoms with van der Waals surface area (Å²) in [4.78, 5) is 0. The van der Waals surface area contributed by atoms with Crippen molar-refractivity contribution in [3.05, 3.63) is 46.1 Å². The van der Waals surface area contributed by atoms with Crippen LogP contribution >= 0.6 is 0 Å². The summed E-state index contributed by atoms with van der Waals surface area (Å²) in [6.07, 6.45) is 7.64. The highest BCUT2D eigenvalue weighted by Gasteiger charge is 1.97. The van der Waals surface area contributed by atoms with Crippen LogP contribution in [0.2, 0.25) is 0 Å². The molecule has 0 aliphatic carbocycles. The molecule has 0 heteroatoms. The lowest BCUT2D eigenvalue weighted by Gasteiger charge is -2.06. The third-order valence-corrected chi connectivity index (χ3v) is 2.89. The lowest BCUT2D eigenvalue weighted by Crippen LogP contribution is -1.86. The van der Waals surface area contributed by atoms with E-state index >= 15 is 0 Å². The van der Waals surface area contributed by atoms with Gasteiger partial charge in [-0.1, -0.05) is 46.1 Å². The fraction of sp³-hybridized carbons (Fsp3) is 0.500. The summed E-state index contributed by atoms with van der Waals surface area (Å²) in [5.74, 6) is 0. The van der Waals surface area contributed by atoms with Crippen LogP contribution in [-0.2, 0) is 0 Å². The van der Waals surface area contributed by atoms with E-state index in [0.717, 1.165) is 6.42 Å². The van der Waals surface area contributed by atoms with Gasteiger partial charge in [-0.2, -0.15) is 0 Å². The second-order valence-electron chi connectivity index (χ2n) is 4.81. The molecule has 0 aromatic heterocycles. The van der Waals surface area contributed by atoms with Gasteiger partial charge in [0.1, 0.15) is 0 Å². The molecule has 0 atom stereocenters. The van der Waals surface area contributed by atoms with Crippen molar-refractivity contribution in [1.82, 2.24) is 0 Å². The van der Waals surface area contributed by atoms with Crippen molar-refractivity contribution in [2.24, 2.45) is 0 Å². The predicted octanol–water partition coefficient (Wildman–Crippen LogP) is 5.59. The Morgan fingerprint density at radius 2 is 1.44 bits per heavy atom. The summed E-state index contributed by atoms with van der Waals surface area (Å²) < 4.78 is 0. The molecule has 0 unspecified atom stereocenters. The highest BCUT2D eigenvalue weighted by Crippen LogP contribution is 2.17. The van der Waals surface area contributed by atoms with E-state index in [1.165, 1.54) is 27.9 Å². The van der Waals surface area contributed by atoms with Gasteiger partial charge in [0.05, 0.1) is 0 Å². The van der Waals surface area contributed by atoms with E-state index in [9.17, 15) is 0 Å². The second-order valence-corrected chi connectivity index (χ2v) is 4.81. The van der Waals surface area contributed by atoms with Gasteiger partial charge in [-0.25, -0.2) is 0 Å². The molecule has 0 aromatic rings. The molecule has 0 spiro atoms. The molecule has 90 valence electrons. The van der Waals surface area contributed by atoms with Crippen LogP contribution in [0.15, 0.2) is 46.1 Å². The van der Waals surface area contributed by atoms with E-state index < -0.39 is 0 Å². The molecule has 0 nitrogen and oxygen atoms in total. The van der Waals surface area contributed by atoms with Crippen LogP contribution in [0.25, 0.3) is 0 Å². The average Bonchev–Trinajstić information content (AvgIpc) is 2.17. The third-order valence-electron chi connectivity index (χ3n) is 2.89. The molecule has 0 saturated carbocycles. The van der Waals surface area contributed by atoms with E-state index in [4.69, 9.17) is 0 Å². The van der Waals surface area contributed by atoms with Crippen molar-refractivity contribution < 1.29 is 0 Å². The van der Waals surface area contributed by atoms with E-state index in [-0.39, 0.29) is 0 Å². The van der Waals surface area contributed by atoms with Gasteiger partial charge < -0.3 is 0 Å². The lowest BCUT2D eigenvalue weighted by molar-refractivity contribution is 1.07. The first kappa shape index (κ1) is 15.0. The maximum Gasteiger partial charge on any atom is -0.0105 e.